The number of benzene rings is 3. The van der Waals surface area contributed by atoms with Crippen LogP contribution in [-0.2, 0) is 16.1 Å². The molecule has 35 heavy (non-hydrogen) atoms. The number of hydrogen-bond donors (Lipinski definition) is 1. The van der Waals surface area contributed by atoms with Crippen LogP contribution in [0.25, 0.3) is 10.8 Å². The Morgan fingerprint density at radius 3 is 2.40 bits per heavy atom. The number of anilines is 1. The molecule has 0 saturated heterocycles. The lowest BCUT2D eigenvalue weighted by atomic mass is 10.1. The molecule has 1 N–H and O–H groups in total. The molecule has 3 aromatic carbocycles. The molecule has 0 fully saturated rings. The van der Waals surface area contributed by atoms with Crippen LogP contribution < -0.4 is 10.2 Å². The largest absolute Gasteiger partial charge is 0.352 e. The van der Waals surface area contributed by atoms with Gasteiger partial charge >= 0.3 is 0 Å². The van der Waals surface area contributed by atoms with E-state index in [9.17, 15) is 14.4 Å². The highest BCUT2D eigenvalue weighted by Crippen LogP contribution is 2.37. The Morgan fingerprint density at radius 1 is 1.00 bits per heavy atom. The molecule has 0 unspecified atom stereocenters. The minimum Gasteiger partial charge on any atom is -0.352 e. The summed E-state index contributed by atoms with van der Waals surface area (Å²) in [7, 11) is 0. The standard InChI is InChI=1S/C29H33N3O3/c1-5-20(4)30-28(34)24(6-2)31(17-21-11-7-10-19(3)16-21)26(33)18-32-25-15-9-13-22-12-8-14-23(27(22)25)29(32)35/h7-16,20,24H,5-6,17-18H2,1-4H3,(H,30,34)/t20-,24+/m0/s1. The Kier molecular flexibility index (Phi) is 7.20. The zero-order valence-corrected chi connectivity index (χ0v) is 20.9. The maximum absolute atomic E-state index is 13.8. The van der Waals surface area contributed by atoms with Gasteiger partial charge in [-0.05, 0) is 49.8 Å². The Bertz CT molecular complexity index is 1260. The van der Waals surface area contributed by atoms with E-state index in [0.717, 1.165) is 34.0 Å². The molecule has 0 saturated carbocycles. The van der Waals surface area contributed by atoms with Gasteiger partial charge in [-0.2, -0.15) is 0 Å². The quantitative estimate of drug-likeness (QED) is 0.486. The highest BCUT2D eigenvalue weighted by Gasteiger charge is 2.35. The fourth-order valence-electron chi connectivity index (χ4n) is 4.73. The first-order chi connectivity index (χ1) is 16.8. The van der Waals surface area contributed by atoms with Crippen LogP contribution in [0.2, 0.25) is 0 Å². The summed E-state index contributed by atoms with van der Waals surface area (Å²) in [5.41, 5.74) is 3.39. The molecule has 0 aliphatic carbocycles. The van der Waals surface area contributed by atoms with E-state index in [1.54, 1.807) is 15.9 Å². The summed E-state index contributed by atoms with van der Waals surface area (Å²) in [4.78, 5) is 43.5. The van der Waals surface area contributed by atoms with Crippen LogP contribution in [0.1, 0.15) is 55.1 Å². The van der Waals surface area contributed by atoms with Crippen LogP contribution in [0.3, 0.4) is 0 Å². The van der Waals surface area contributed by atoms with E-state index >= 15 is 0 Å². The van der Waals surface area contributed by atoms with Gasteiger partial charge in [0.05, 0.1) is 5.69 Å². The van der Waals surface area contributed by atoms with Crippen molar-refractivity contribution in [1.82, 2.24) is 10.2 Å². The van der Waals surface area contributed by atoms with E-state index in [0.29, 0.717) is 18.5 Å². The first kappa shape index (κ1) is 24.5. The third kappa shape index (κ3) is 4.92. The summed E-state index contributed by atoms with van der Waals surface area (Å²) in [6.07, 6.45) is 1.28. The van der Waals surface area contributed by atoms with Gasteiger partial charge in [-0.3, -0.25) is 19.3 Å². The van der Waals surface area contributed by atoms with E-state index in [-0.39, 0.29) is 30.3 Å². The second-order valence-corrected chi connectivity index (χ2v) is 9.32. The van der Waals surface area contributed by atoms with Crippen molar-refractivity contribution >= 4 is 34.2 Å². The lowest BCUT2D eigenvalue weighted by Crippen LogP contribution is -2.53. The van der Waals surface area contributed by atoms with Crippen molar-refractivity contribution in [2.45, 2.75) is 59.2 Å². The fourth-order valence-corrected chi connectivity index (χ4v) is 4.73. The van der Waals surface area contributed by atoms with Crippen LogP contribution in [0, 0.1) is 6.92 Å². The number of rotatable bonds is 9. The van der Waals surface area contributed by atoms with Crippen molar-refractivity contribution in [2.24, 2.45) is 0 Å². The summed E-state index contributed by atoms with van der Waals surface area (Å²) in [6, 6.07) is 18.7. The number of nitrogens with zero attached hydrogens (tertiary/aromatic N) is 2. The van der Waals surface area contributed by atoms with E-state index in [1.165, 1.54) is 0 Å². The van der Waals surface area contributed by atoms with Crippen molar-refractivity contribution in [3.63, 3.8) is 0 Å². The molecule has 3 amide bonds. The predicted molar refractivity (Wildman–Crippen MR) is 139 cm³/mol. The van der Waals surface area contributed by atoms with Crippen LogP contribution in [-0.4, -0.2) is 41.2 Å². The maximum atomic E-state index is 13.8. The molecule has 182 valence electrons. The predicted octanol–water partition coefficient (Wildman–Crippen LogP) is 4.83. The highest BCUT2D eigenvalue weighted by atomic mass is 16.2. The highest BCUT2D eigenvalue weighted by molar-refractivity contribution is 6.26. The van der Waals surface area contributed by atoms with Gasteiger partial charge in [-0.1, -0.05) is 67.9 Å². The average Bonchev–Trinajstić information content (AvgIpc) is 3.11. The van der Waals surface area contributed by atoms with E-state index in [1.807, 2.05) is 82.3 Å². The zero-order chi connectivity index (χ0) is 25.1. The van der Waals surface area contributed by atoms with Gasteiger partial charge in [0.15, 0.2) is 0 Å². The van der Waals surface area contributed by atoms with Crippen LogP contribution >= 0.6 is 0 Å². The molecular weight excluding hydrogens is 438 g/mol. The first-order valence-corrected chi connectivity index (χ1v) is 12.3. The normalized spacial score (nSPS) is 14.2. The number of nitrogens with one attached hydrogen (secondary N) is 1. The molecule has 1 heterocycles. The van der Waals surface area contributed by atoms with Crippen molar-refractivity contribution in [1.29, 1.82) is 0 Å². The third-order valence-corrected chi connectivity index (χ3v) is 6.76. The average molecular weight is 472 g/mol. The van der Waals surface area contributed by atoms with Gasteiger partial charge in [-0.15, -0.1) is 0 Å². The Balaban J connectivity index is 1.65. The maximum Gasteiger partial charge on any atom is 0.259 e. The third-order valence-electron chi connectivity index (χ3n) is 6.76. The minimum absolute atomic E-state index is 0.0136. The summed E-state index contributed by atoms with van der Waals surface area (Å²) >= 11 is 0. The van der Waals surface area contributed by atoms with Crippen LogP contribution in [0.4, 0.5) is 5.69 Å². The second kappa shape index (κ2) is 10.3. The number of aryl methyl sites for hydroxylation is 1. The van der Waals surface area contributed by atoms with Crippen molar-refractivity contribution in [2.75, 3.05) is 11.4 Å². The number of hydrogen-bond acceptors (Lipinski definition) is 3. The lowest BCUT2D eigenvalue weighted by molar-refractivity contribution is -0.140. The lowest BCUT2D eigenvalue weighted by Gasteiger charge is -2.33. The monoisotopic (exact) mass is 471 g/mol. The number of carbonyl (C=O) groups excluding carboxylic acids is 3. The number of amides is 3. The van der Waals surface area contributed by atoms with E-state index in [2.05, 4.69) is 5.32 Å². The van der Waals surface area contributed by atoms with Gasteiger partial charge in [0.25, 0.3) is 5.91 Å². The summed E-state index contributed by atoms with van der Waals surface area (Å²) in [6.45, 7) is 8.06. The summed E-state index contributed by atoms with van der Waals surface area (Å²) in [5, 5.41) is 4.88. The molecule has 1 aliphatic rings. The number of carbonyl (C=O) groups is 3. The molecule has 6 nitrogen and oxygen atoms in total. The van der Waals surface area contributed by atoms with Gasteiger partial charge < -0.3 is 10.2 Å². The smallest absolute Gasteiger partial charge is 0.259 e. The van der Waals surface area contributed by atoms with Crippen molar-refractivity contribution in [3.05, 3.63) is 77.4 Å². The molecule has 3 aromatic rings. The second-order valence-electron chi connectivity index (χ2n) is 9.32. The molecule has 0 radical (unpaired) electrons. The zero-order valence-electron chi connectivity index (χ0n) is 20.9. The summed E-state index contributed by atoms with van der Waals surface area (Å²) in [5.74, 6) is -0.602. The topological polar surface area (TPSA) is 69.7 Å². The van der Waals surface area contributed by atoms with E-state index < -0.39 is 6.04 Å². The Labute approximate surface area is 206 Å². The van der Waals surface area contributed by atoms with Gasteiger partial charge in [0.2, 0.25) is 11.8 Å². The Morgan fingerprint density at radius 2 is 1.71 bits per heavy atom. The van der Waals surface area contributed by atoms with Crippen molar-refractivity contribution < 1.29 is 14.4 Å². The van der Waals surface area contributed by atoms with Crippen molar-refractivity contribution in [3.8, 4) is 0 Å². The van der Waals surface area contributed by atoms with Gasteiger partial charge in [-0.25, -0.2) is 0 Å². The fraction of sp³-hybridized carbons (Fsp3) is 0.345. The summed E-state index contributed by atoms with van der Waals surface area (Å²) < 4.78 is 0. The molecule has 6 heteroatoms. The molecular formula is C29H33N3O3. The molecule has 0 spiro atoms. The first-order valence-electron chi connectivity index (χ1n) is 12.3. The molecule has 2 atom stereocenters. The van der Waals surface area contributed by atoms with E-state index in [4.69, 9.17) is 0 Å². The van der Waals surface area contributed by atoms with Crippen LogP contribution in [0.5, 0.6) is 0 Å². The Hall–Kier alpha value is -3.67. The molecule has 4 rings (SSSR count). The minimum atomic E-state index is -0.632. The van der Waals surface area contributed by atoms with Gasteiger partial charge in [0.1, 0.15) is 12.6 Å². The SMILES string of the molecule is CC[C@H](C(=O)N[C@@H](C)CC)N(Cc1cccc(C)c1)C(=O)CN1C(=O)c2cccc3cccc1c23. The molecule has 0 aromatic heterocycles. The molecule has 0 bridgehead atoms. The van der Waals surface area contributed by atoms with Gasteiger partial charge in [0, 0.05) is 23.5 Å². The van der Waals surface area contributed by atoms with Crippen LogP contribution in [0.15, 0.2) is 60.7 Å². The molecule has 1 aliphatic heterocycles.